The van der Waals surface area contributed by atoms with Crippen molar-refractivity contribution >= 4 is 0 Å². The Morgan fingerprint density at radius 1 is 1.39 bits per heavy atom. The molecule has 0 bridgehead atoms. The van der Waals surface area contributed by atoms with Gasteiger partial charge < -0.3 is 10.6 Å². The SMILES string of the molecule is CNC(CC1CCNCC1)c1ccc(F)c(C)c1. The van der Waals surface area contributed by atoms with Gasteiger partial charge in [-0.2, -0.15) is 0 Å². The van der Waals surface area contributed by atoms with Crippen molar-refractivity contribution in [2.45, 2.75) is 32.2 Å². The fourth-order valence-electron chi connectivity index (χ4n) is 2.76. The van der Waals surface area contributed by atoms with E-state index in [4.69, 9.17) is 0 Å². The molecule has 1 aromatic carbocycles. The fraction of sp³-hybridized carbons (Fsp3) is 0.600. The molecule has 1 aliphatic heterocycles. The molecule has 0 amide bonds. The Morgan fingerprint density at radius 2 is 2.11 bits per heavy atom. The van der Waals surface area contributed by atoms with Gasteiger partial charge in [-0.15, -0.1) is 0 Å². The lowest BCUT2D eigenvalue weighted by Crippen LogP contribution is -2.30. The monoisotopic (exact) mass is 250 g/mol. The van der Waals surface area contributed by atoms with E-state index in [-0.39, 0.29) is 5.82 Å². The minimum Gasteiger partial charge on any atom is -0.317 e. The molecule has 0 saturated carbocycles. The molecule has 1 saturated heterocycles. The normalized spacial score (nSPS) is 18.8. The third kappa shape index (κ3) is 3.30. The number of hydrogen-bond acceptors (Lipinski definition) is 2. The van der Waals surface area contributed by atoms with Crippen molar-refractivity contribution in [2.75, 3.05) is 20.1 Å². The van der Waals surface area contributed by atoms with Crippen LogP contribution in [0.2, 0.25) is 0 Å². The topological polar surface area (TPSA) is 24.1 Å². The van der Waals surface area contributed by atoms with E-state index in [2.05, 4.69) is 10.6 Å². The molecule has 1 unspecified atom stereocenters. The molecule has 1 fully saturated rings. The first kappa shape index (κ1) is 13.5. The molecule has 1 heterocycles. The van der Waals surface area contributed by atoms with Gasteiger partial charge in [0.1, 0.15) is 5.82 Å². The molecule has 0 radical (unpaired) electrons. The van der Waals surface area contributed by atoms with Gasteiger partial charge in [0.2, 0.25) is 0 Å². The fourth-order valence-corrected chi connectivity index (χ4v) is 2.76. The molecular formula is C15H23FN2. The number of benzene rings is 1. The molecule has 1 aromatic rings. The van der Waals surface area contributed by atoms with Crippen LogP contribution in [0.25, 0.3) is 0 Å². The predicted molar refractivity (Wildman–Crippen MR) is 73.1 cm³/mol. The van der Waals surface area contributed by atoms with Gasteiger partial charge >= 0.3 is 0 Å². The average molecular weight is 250 g/mol. The number of nitrogens with one attached hydrogen (secondary N) is 2. The highest BCUT2D eigenvalue weighted by atomic mass is 19.1. The van der Waals surface area contributed by atoms with Crippen molar-refractivity contribution < 1.29 is 4.39 Å². The smallest absolute Gasteiger partial charge is 0.126 e. The summed E-state index contributed by atoms with van der Waals surface area (Å²) in [5.41, 5.74) is 1.94. The first-order chi connectivity index (χ1) is 8.70. The van der Waals surface area contributed by atoms with Gasteiger partial charge in [0.15, 0.2) is 0 Å². The standard InChI is InChI=1S/C15H23FN2/c1-11-9-13(3-4-14(11)16)15(17-2)10-12-5-7-18-8-6-12/h3-4,9,12,15,17-18H,5-8,10H2,1-2H3. The van der Waals surface area contributed by atoms with Crippen LogP contribution in [-0.4, -0.2) is 20.1 Å². The van der Waals surface area contributed by atoms with E-state index < -0.39 is 0 Å². The van der Waals surface area contributed by atoms with Gasteiger partial charge in [-0.1, -0.05) is 12.1 Å². The van der Waals surface area contributed by atoms with Crippen molar-refractivity contribution in [3.05, 3.63) is 35.1 Å². The summed E-state index contributed by atoms with van der Waals surface area (Å²) >= 11 is 0. The first-order valence-electron chi connectivity index (χ1n) is 6.84. The van der Waals surface area contributed by atoms with Gasteiger partial charge in [-0.25, -0.2) is 4.39 Å². The number of piperidine rings is 1. The van der Waals surface area contributed by atoms with Crippen LogP contribution < -0.4 is 10.6 Å². The van der Waals surface area contributed by atoms with E-state index in [9.17, 15) is 4.39 Å². The Balaban J connectivity index is 2.04. The van der Waals surface area contributed by atoms with Crippen LogP contribution in [0.1, 0.15) is 36.4 Å². The van der Waals surface area contributed by atoms with Gasteiger partial charge in [0.25, 0.3) is 0 Å². The van der Waals surface area contributed by atoms with Crippen LogP contribution >= 0.6 is 0 Å². The minimum absolute atomic E-state index is 0.115. The number of hydrogen-bond donors (Lipinski definition) is 2. The Bertz CT molecular complexity index is 386. The Labute approximate surface area is 109 Å². The van der Waals surface area contributed by atoms with Crippen LogP contribution in [0.4, 0.5) is 4.39 Å². The van der Waals surface area contributed by atoms with Crippen molar-refractivity contribution in [3.63, 3.8) is 0 Å². The van der Waals surface area contributed by atoms with Crippen molar-refractivity contribution in [1.29, 1.82) is 0 Å². The summed E-state index contributed by atoms with van der Waals surface area (Å²) in [6.45, 7) is 4.09. The highest BCUT2D eigenvalue weighted by Gasteiger charge is 2.19. The zero-order valence-electron chi connectivity index (χ0n) is 11.3. The largest absolute Gasteiger partial charge is 0.317 e. The van der Waals surface area contributed by atoms with E-state index >= 15 is 0 Å². The molecule has 0 spiro atoms. The molecule has 2 nitrogen and oxygen atoms in total. The maximum Gasteiger partial charge on any atom is 0.126 e. The lowest BCUT2D eigenvalue weighted by molar-refractivity contribution is 0.318. The van der Waals surface area contributed by atoms with Crippen molar-refractivity contribution in [1.82, 2.24) is 10.6 Å². The summed E-state index contributed by atoms with van der Waals surface area (Å²) < 4.78 is 13.3. The first-order valence-corrected chi connectivity index (χ1v) is 6.84. The van der Waals surface area contributed by atoms with E-state index in [1.807, 2.05) is 26.1 Å². The molecule has 2 N–H and O–H groups in total. The summed E-state index contributed by atoms with van der Waals surface area (Å²) in [7, 11) is 1.99. The Morgan fingerprint density at radius 3 is 2.72 bits per heavy atom. The van der Waals surface area contributed by atoms with Crippen LogP contribution in [-0.2, 0) is 0 Å². The summed E-state index contributed by atoms with van der Waals surface area (Å²) in [6.07, 6.45) is 3.64. The van der Waals surface area contributed by atoms with Gasteiger partial charge in [-0.3, -0.25) is 0 Å². The molecule has 0 aromatic heterocycles. The molecule has 2 rings (SSSR count). The molecule has 100 valence electrons. The highest BCUT2D eigenvalue weighted by Crippen LogP contribution is 2.27. The molecule has 1 atom stereocenters. The lowest BCUT2D eigenvalue weighted by Gasteiger charge is -2.27. The number of aryl methyl sites for hydroxylation is 1. The van der Waals surface area contributed by atoms with Gasteiger partial charge in [-0.05, 0) is 69.4 Å². The average Bonchev–Trinajstić information content (AvgIpc) is 2.40. The van der Waals surface area contributed by atoms with Crippen LogP contribution in [0, 0.1) is 18.7 Å². The highest BCUT2D eigenvalue weighted by molar-refractivity contribution is 5.26. The maximum atomic E-state index is 13.3. The number of halogens is 1. The zero-order valence-corrected chi connectivity index (χ0v) is 11.3. The van der Waals surface area contributed by atoms with Gasteiger partial charge in [0, 0.05) is 6.04 Å². The Hall–Kier alpha value is -0.930. The molecule has 1 aliphatic rings. The van der Waals surface area contributed by atoms with Gasteiger partial charge in [0.05, 0.1) is 0 Å². The third-order valence-corrected chi connectivity index (χ3v) is 3.96. The molecule has 18 heavy (non-hydrogen) atoms. The van der Waals surface area contributed by atoms with E-state index in [0.717, 1.165) is 31.0 Å². The lowest BCUT2D eigenvalue weighted by atomic mass is 9.88. The zero-order chi connectivity index (χ0) is 13.0. The number of rotatable bonds is 4. The van der Waals surface area contributed by atoms with Crippen molar-refractivity contribution in [2.24, 2.45) is 5.92 Å². The van der Waals surface area contributed by atoms with E-state index in [1.54, 1.807) is 6.07 Å². The summed E-state index contributed by atoms with van der Waals surface area (Å²) in [5.74, 6) is 0.657. The predicted octanol–water partition coefficient (Wildman–Crippen LogP) is 2.78. The van der Waals surface area contributed by atoms with Crippen LogP contribution in [0.3, 0.4) is 0 Å². The summed E-state index contributed by atoms with van der Waals surface area (Å²) in [4.78, 5) is 0. The second kappa shape index (κ2) is 6.30. The minimum atomic E-state index is -0.115. The molecular weight excluding hydrogens is 227 g/mol. The molecule has 3 heteroatoms. The third-order valence-electron chi connectivity index (χ3n) is 3.96. The Kier molecular flexibility index (Phi) is 4.72. The van der Waals surface area contributed by atoms with Crippen LogP contribution in [0.15, 0.2) is 18.2 Å². The maximum absolute atomic E-state index is 13.3. The van der Waals surface area contributed by atoms with Crippen LogP contribution in [0.5, 0.6) is 0 Å². The summed E-state index contributed by atoms with van der Waals surface area (Å²) in [6, 6.07) is 5.80. The van der Waals surface area contributed by atoms with E-state index in [0.29, 0.717) is 6.04 Å². The van der Waals surface area contributed by atoms with Crippen molar-refractivity contribution in [3.8, 4) is 0 Å². The summed E-state index contributed by atoms with van der Waals surface area (Å²) in [5, 5.41) is 6.76. The quantitative estimate of drug-likeness (QED) is 0.858. The second-order valence-electron chi connectivity index (χ2n) is 5.28. The molecule has 0 aliphatic carbocycles. The second-order valence-corrected chi connectivity index (χ2v) is 5.28. The van der Waals surface area contributed by atoms with E-state index in [1.165, 1.54) is 18.4 Å².